The number of hydrogen-bond acceptors (Lipinski definition) is 7. The average Bonchev–Trinajstić information content (AvgIpc) is 2.99. The van der Waals surface area contributed by atoms with Gasteiger partial charge in [0.2, 0.25) is 5.88 Å². The van der Waals surface area contributed by atoms with E-state index in [0.29, 0.717) is 11.5 Å². The van der Waals surface area contributed by atoms with Crippen LogP contribution in [0.4, 0.5) is 0 Å². The largest absolute Gasteiger partial charge is 0.462 e. The maximum atomic E-state index is 12.4. The van der Waals surface area contributed by atoms with Crippen molar-refractivity contribution in [1.29, 1.82) is 0 Å². The van der Waals surface area contributed by atoms with Gasteiger partial charge in [0.15, 0.2) is 0 Å². The van der Waals surface area contributed by atoms with Crippen molar-refractivity contribution in [3.8, 4) is 5.75 Å². The normalized spacial score (nSPS) is 16.7. The molecular formula is C16H15NO5S. The summed E-state index contributed by atoms with van der Waals surface area (Å²) in [7, 11) is 0. The average molecular weight is 333 g/mol. The molecule has 0 amide bonds. The molecule has 6 nitrogen and oxygen atoms in total. The minimum Gasteiger partial charge on any atom is -0.462 e. The lowest BCUT2D eigenvalue weighted by molar-refractivity contribution is -0.139. The monoisotopic (exact) mass is 333 g/mol. The van der Waals surface area contributed by atoms with Gasteiger partial charge in [0.05, 0.1) is 18.1 Å². The Kier molecular flexibility index (Phi) is 3.96. The van der Waals surface area contributed by atoms with E-state index in [0.717, 1.165) is 4.88 Å². The van der Waals surface area contributed by atoms with Gasteiger partial charge in [-0.2, -0.15) is 0 Å². The molecule has 3 heterocycles. The van der Waals surface area contributed by atoms with E-state index in [4.69, 9.17) is 19.6 Å². The van der Waals surface area contributed by atoms with Crippen LogP contribution in [0.25, 0.3) is 0 Å². The smallest absolute Gasteiger partial charge is 0.343 e. The van der Waals surface area contributed by atoms with Crippen LogP contribution in [0.15, 0.2) is 44.2 Å². The lowest BCUT2D eigenvalue weighted by atomic mass is 9.88. The molecule has 0 aliphatic carbocycles. The van der Waals surface area contributed by atoms with Gasteiger partial charge in [0.1, 0.15) is 17.1 Å². The first kappa shape index (κ1) is 15.4. The van der Waals surface area contributed by atoms with Crippen molar-refractivity contribution in [3.05, 3.63) is 61.7 Å². The molecule has 0 saturated heterocycles. The van der Waals surface area contributed by atoms with Gasteiger partial charge in [-0.1, -0.05) is 6.07 Å². The van der Waals surface area contributed by atoms with Gasteiger partial charge in [-0.05, 0) is 25.3 Å². The van der Waals surface area contributed by atoms with Crippen LogP contribution >= 0.6 is 11.3 Å². The molecule has 120 valence electrons. The summed E-state index contributed by atoms with van der Waals surface area (Å²) in [4.78, 5) is 25.5. The Morgan fingerprint density at radius 3 is 2.91 bits per heavy atom. The fourth-order valence-corrected chi connectivity index (χ4v) is 3.41. The Labute approximate surface area is 136 Å². The lowest BCUT2D eigenvalue weighted by Gasteiger charge is -2.26. The summed E-state index contributed by atoms with van der Waals surface area (Å²) < 4.78 is 15.8. The van der Waals surface area contributed by atoms with E-state index in [9.17, 15) is 9.59 Å². The van der Waals surface area contributed by atoms with Crippen molar-refractivity contribution in [2.45, 2.75) is 19.8 Å². The molecule has 2 aromatic heterocycles. The molecule has 0 fully saturated rings. The highest BCUT2D eigenvalue weighted by molar-refractivity contribution is 7.10. The molecule has 7 heteroatoms. The molecule has 0 bridgehead atoms. The highest BCUT2D eigenvalue weighted by atomic mass is 32.1. The zero-order chi connectivity index (χ0) is 16.6. The molecule has 1 atom stereocenters. The van der Waals surface area contributed by atoms with Crippen LogP contribution in [0.3, 0.4) is 0 Å². The third-order valence-electron chi connectivity index (χ3n) is 3.46. The maximum absolute atomic E-state index is 12.4. The van der Waals surface area contributed by atoms with Gasteiger partial charge in [-0.25, -0.2) is 9.59 Å². The fourth-order valence-electron chi connectivity index (χ4n) is 2.57. The summed E-state index contributed by atoms with van der Waals surface area (Å²) in [5.74, 6) is -0.600. The zero-order valence-electron chi connectivity index (χ0n) is 12.6. The summed E-state index contributed by atoms with van der Waals surface area (Å²) >= 11 is 1.41. The zero-order valence-corrected chi connectivity index (χ0v) is 13.4. The Morgan fingerprint density at radius 2 is 2.26 bits per heavy atom. The number of ether oxygens (including phenoxy) is 2. The number of esters is 1. The quantitative estimate of drug-likeness (QED) is 0.866. The van der Waals surface area contributed by atoms with E-state index in [2.05, 4.69) is 0 Å². The van der Waals surface area contributed by atoms with Crippen molar-refractivity contribution in [2.75, 3.05) is 6.61 Å². The Morgan fingerprint density at radius 1 is 1.48 bits per heavy atom. The van der Waals surface area contributed by atoms with Gasteiger partial charge in [-0.3, -0.25) is 0 Å². The van der Waals surface area contributed by atoms with E-state index in [1.54, 1.807) is 19.9 Å². The second kappa shape index (κ2) is 5.92. The highest BCUT2D eigenvalue weighted by Crippen LogP contribution is 2.42. The molecule has 2 aromatic rings. The minimum atomic E-state index is -0.658. The van der Waals surface area contributed by atoms with Crippen LogP contribution in [-0.4, -0.2) is 12.6 Å². The third kappa shape index (κ3) is 2.63. The highest BCUT2D eigenvalue weighted by Gasteiger charge is 2.38. The van der Waals surface area contributed by atoms with Gasteiger partial charge in [-0.15, -0.1) is 11.3 Å². The Bertz CT molecular complexity index is 835. The number of rotatable bonds is 3. The number of carbonyl (C=O) groups excluding carboxylic acids is 1. The van der Waals surface area contributed by atoms with Crippen LogP contribution < -0.4 is 16.1 Å². The van der Waals surface area contributed by atoms with Crippen molar-refractivity contribution in [1.82, 2.24) is 0 Å². The van der Waals surface area contributed by atoms with E-state index < -0.39 is 17.5 Å². The molecule has 0 aromatic carbocycles. The second-order valence-electron chi connectivity index (χ2n) is 4.97. The summed E-state index contributed by atoms with van der Waals surface area (Å²) in [6.07, 6.45) is 0. The van der Waals surface area contributed by atoms with Crippen LogP contribution in [-0.2, 0) is 9.53 Å². The third-order valence-corrected chi connectivity index (χ3v) is 4.40. The van der Waals surface area contributed by atoms with Gasteiger partial charge >= 0.3 is 11.6 Å². The van der Waals surface area contributed by atoms with E-state index in [1.165, 1.54) is 11.3 Å². The van der Waals surface area contributed by atoms with Crippen molar-refractivity contribution in [3.63, 3.8) is 0 Å². The standard InChI is InChI=1S/C16H15NO5S/c1-3-20-15(18)13-12(10-5-4-6-23-10)11-9(22-14(13)17)7-8(2)21-16(11)19/h4-7,12H,3,17H2,1-2H3/t12-/m0/s1. The number of thiophene rings is 1. The molecule has 0 unspecified atom stereocenters. The second-order valence-corrected chi connectivity index (χ2v) is 5.95. The first-order valence-corrected chi connectivity index (χ1v) is 7.93. The molecule has 3 rings (SSSR count). The van der Waals surface area contributed by atoms with E-state index in [1.807, 2.05) is 17.5 Å². The molecular weight excluding hydrogens is 318 g/mol. The van der Waals surface area contributed by atoms with Gasteiger partial charge < -0.3 is 19.6 Å². The summed E-state index contributed by atoms with van der Waals surface area (Å²) in [5.41, 5.74) is 5.78. The summed E-state index contributed by atoms with van der Waals surface area (Å²) in [6, 6.07) is 5.26. The summed E-state index contributed by atoms with van der Waals surface area (Å²) in [5, 5.41) is 1.86. The molecule has 23 heavy (non-hydrogen) atoms. The van der Waals surface area contributed by atoms with Gasteiger partial charge in [0.25, 0.3) is 0 Å². The summed E-state index contributed by atoms with van der Waals surface area (Å²) in [6.45, 7) is 3.54. The van der Waals surface area contributed by atoms with Crippen LogP contribution in [0.2, 0.25) is 0 Å². The van der Waals surface area contributed by atoms with Crippen LogP contribution in [0.5, 0.6) is 5.75 Å². The SMILES string of the molecule is CCOC(=O)C1=C(N)Oc2cc(C)oc(=O)c2[C@@H]1c1cccs1. The van der Waals surface area contributed by atoms with Crippen molar-refractivity contribution < 1.29 is 18.7 Å². The predicted octanol–water partition coefficient (Wildman–Crippen LogP) is 2.27. The maximum Gasteiger partial charge on any atom is 0.343 e. The number of carbonyl (C=O) groups is 1. The molecule has 2 N–H and O–H groups in total. The van der Waals surface area contributed by atoms with E-state index in [-0.39, 0.29) is 23.6 Å². The Hall–Kier alpha value is -2.54. The van der Waals surface area contributed by atoms with Crippen LogP contribution in [0.1, 0.15) is 29.0 Å². The fraction of sp³-hybridized carbons (Fsp3) is 0.250. The van der Waals surface area contributed by atoms with Crippen molar-refractivity contribution >= 4 is 17.3 Å². The predicted molar refractivity (Wildman–Crippen MR) is 84.4 cm³/mol. The molecule has 0 spiro atoms. The number of aryl methyl sites for hydroxylation is 1. The molecule has 1 aliphatic rings. The minimum absolute atomic E-state index is 0.0562. The number of hydrogen-bond donors (Lipinski definition) is 1. The Balaban J connectivity index is 2.24. The van der Waals surface area contributed by atoms with Crippen LogP contribution in [0, 0.1) is 6.92 Å². The molecule has 0 radical (unpaired) electrons. The number of fused-ring (bicyclic) bond motifs is 1. The van der Waals surface area contributed by atoms with E-state index >= 15 is 0 Å². The van der Waals surface area contributed by atoms with Gasteiger partial charge in [0, 0.05) is 10.9 Å². The lowest BCUT2D eigenvalue weighted by Crippen LogP contribution is -2.30. The first-order valence-electron chi connectivity index (χ1n) is 7.05. The number of nitrogens with two attached hydrogens (primary N) is 1. The molecule has 0 saturated carbocycles. The first-order chi connectivity index (χ1) is 11.0. The molecule has 1 aliphatic heterocycles. The topological polar surface area (TPSA) is 91.8 Å². The van der Waals surface area contributed by atoms with Crippen molar-refractivity contribution in [2.24, 2.45) is 5.73 Å².